The van der Waals surface area contributed by atoms with Crippen LogP contribution in [-0.4, -0.2) is 25.8 Å². The predicted molar refractivity (Wildman–Crippen MR) is 71.8 cm³/mol. The number of nitriles is 1. The van der Waals surface area contributed by atoms with Crippen LogP contribution in [0.15, 0.2) is 18.2 Å². The van der Waals surface area contributed by atoms with Gasteiger partial charge in [-0.2, -0.15) is 5.26 Å². The molecule has 6 heteroatoms. The third-order valence-corrected chi connectivity index (χ3v) is 2.93. The van der Waals surface area contributed by atoms with Crippen molar-refractivity contribution in [1.29, 1.82) is 5.26 Å². The van der Waals surface area contributed by atoms with E-state index in [9.17, 15) is 10.1 Å². The largest absolute Gasteiger partial charge is 0.475 e. The van der Waals surface area contributed by atoms with Gasteiger partial charge in [-0.25, -0.2) is 14.5 Å². The molecule has 0 atom stereocenters. The van der Waals surface area contributed by atoms with Crippen molar-refractivity contribution < 1.29 is 9.90 Å². The Hall–Kier alpha value is -2.68. The Kier molecular flexibility index (Phi) is 3.80. The van der Waals surface area contributed by atoms with E-state index in [4.69, 9.17) is 5.11 Å². The van der Waals surface area contributed by atoms with Gasteiger partial charge in [0.15, 0.2) is 0 Å². The summed E-state index contributed by atoms with van der Waals surface area (Å²) in [4.78, 5) is 15.0. The van der Waals surface area contributed by atoms with E-state index >= 15 is 0 Å². The maximum Gasteiger partial charge on any atom is 0.375 e. The van der Waals surface area contributed by atoms with E-state index in [1.165, 1.54) is 4.68 Å². The number of aromatic nitrogens is 3. The minimum absolute atomic E-state index is 0.251. The van der Waals surface area contributed by atoms with Gasteiger partial charge >= 0.3 is 5.97 Å². The molecule has 20 heavy (non-hydrogen) atoms. The zero-order valence-corrected chi connectivity index (χ0v) is 11.3. The van der Waals surface area contributed by atoms with E-state index in [1.807, 2.05) is 26.0 Å². The van der Waals surface area contributed by atoms with Gasteiger partial charge in [0.2, 0.25) is 0 Å². The van der Waals surface area contributed by atoms with E-state index in [1.54, 1.807) is 6.07 Å². The van der Waals surface area contributed by atoms with E-state index in [0.717, 1.165) is 12.0 Å². The zero-order valence-electron chi connectivity index (χ0n) is 11.3. The molecule has 0 amide bonds. The van der Waals surface area contributed by atoms with Gasteiger partial charge in [0.25, 0.3) is 5.82 Å². The molecule has 2 aromatic rings. The van der Waals surface area contributed by atoms with Crippen LogP contribution in [0.1, 0.15) is 40.9 Å². The Morgan fingerprint density at radius 3 is 2.85 bits per heavy atom. The number of hydrogen-bond donors (Lipinski definition) is 1. The molecule has 0 saturated carbocycles. The first-order valence-corrected chi connectivity index (χ1v) is 6.27. The second-order valence-electron chi connectivity index (χ2n) is 4.40. The molecule has 0 aliphatic rings. The molecule has 0 saturated heterocycles. The number of carboxylic acid groups (broad SMARTS) is 1. The molecule has 1 N–H and O–H groups in total. The molecule has 0 radical (unpaired) electrons. The monoisotopic (exact) mass is 270 g/mol. The molecule has 102 valence electrons. The van der Waals surface area contributed by atoms with Crippen molar-refractivity contribution in [1.82, 2.24) is 14.8 Å². The van der Waals surface area contributed by atoms with Crippen molar-refractivity contribution in [3.05, 3.63) is 41.0 Å². The molecule has 0 aliphatic carbocycles. The third kappa shape index (κ3) is 2.38. The first kappa shape index (κ1) is 13.7. The maximum atomic E-state index is 11.0. The van der Waals surface area contributed by atoms with Crippen molar-refractivity contribution in [3.8, 4) is 11.8 Å². The van der Waals surface area contributed by atoms with Gasteiger partial charge in [-0.05, 0) is 25.0 Å². The number of aromatic carboxylic acids is 1. The molecule has 1 heterocycles. The average Bonchev–Trinajstić information content (AvgIpc) is 2.83. The Bertz CT molecular complexity index is 698. The number of benzene rings is 1. The smallest absolute Gasteiger partial charge is 0.375 e. The van der Waals surface area contributed by atoms with Gasteiger partial charge < -0.3 is 5.11 Å². The summed E-state index contributed by atoms with van der Waals surface area (Å²) in [5.41, 5.74) is 1.86. The number of rotatable bonds is 4. The van der Waals surface area contributed by atoms with E-state index in [2.05, 4.69) is 16.2 Å². The summed E-state index contributed by atoms with van der Waals surface area (Å²) in [5.74, 6) is -0.877. The van der Waals surface area contributed by atoms with Crippen LogP contribution in [0.2, 0.25) is 0 Å². The van der Waals surface area contributed by atoms with Crippen molar-refractivity contribution in [3.63, 3.8) is 0 Å². The van der Waals surface area contributed by atoms with E-state index in [0.29, 0.717) is 23.5 Å². The summed E-state index contributed by atoms with van der Waals surface area (Å²) in [6.45, 7) is 3.80. The molecule has 0 unspecified atom stereocenters. The fraction of sp³-hybridized carbons (Fsp3) is 0.286. The lowest BCUT2D eigenvalue weighted by Crippen LogP contribution is -2.06. The second kappa shape index (κ2) is 5.53. The highest BCUT2D eigenvalue weighted by Crippen LogP contribution is 2.19. The highest BCUT2D eigenvalue weighted by Gasteiger charge is 2.18. The summed E-state index contributed by atoms with van der Waals surface area (Å²) in [6.07, 6.45) is 1.41. The van der Waals surface area contributed by atoms with Crippen LogP contribution in [0.3, 0.4) is 0 Å². The lowest BCUT2D eigenvalue weighted by molar-refractivity contribution is 0.0683. The molecular formula is C14H14N4O2. The number of aryl methyl sites for hydroxylation is 2. The molecule has 0 fully saturated rings. The average molecular weight is 270 g/mol. The van der Waals surface area contributed by atoms with Crippen molar-refractivity contribution in [2.45, 2.75) is 26.7 Å². The molecular weight excluding hydrogens is 256 g/mol. The van der Waals surface area contributed by atoms with Crippen LogP contribution >= 0.6 is 0 Å². The molecule has 0 aliphatic heterocycles. The molecule has 0 bridgehead atoms. The highest BCUT2D eigenvalue weighted by molar-refractivity contribution is 5.83. The van der Waals surface area contributed by atoms with E-state index < -0.39 is 5.97 Å². The first-order chi connectivity index (χ1) is 9.58. The molecule has 2 rings (SSSR count). The molecule has 6 nitrogen and oxygen atoms in total. The van der Waals surface area contributed by atoms with Crippen LogP contribution < -0.4 is 0 Å². The summed E-state index contributed by atoms with van der Waals surface area (Å²) in [6, 6.07) is 7.51. The lowest BCUT2D eigenvalue weighted by Gasteiger charge is -2.08. The van der Waals surface area contributed by atoms with Gasteiger partial charge in [-0.3, -0.25) is 0 Å². The summed E-state index contributed by atoms with van der Waals surface area (Å²) < 4.78 is 1.46. The lowest BCUT2D eigenvalue weighted by atomic mass is 10.1. The van der Waals surface area contributed by atoms with Gasteiger partial charge in [-0.15, -0.1) is 5.10 Å². The van der Waals surface area contributed by atoms with Crippen molar-refractivity contribution in [2.75, 3.05) is 0 Å². The van der Waals surface area contributed by atoms with Gasteiger partial charge in [-0.1, -0.05) is 19.1 Å². The van der Waals surface area contributed by atoms with Crippen LogP contribution in [0, 0.1) is 18.3 Å². The Balaban J connectivity index is 2.66. The zero-order chi connectivity index (χ0) is 14.7. The van der Waals surface area contributed by atoms with Crippen molar-refractivity contribution >= 4 is 5.97 Å². The van der Waals surface area contributed by atoms with Crippen LogP contribution in [0.5, 0.6) is 0 Å². The standard InChI is InChI=1S/C14H14N4O2/c1-3-5-12-16-13(14(19)20)17-18(12)11-7-4-6-9(2)10(11)8-15/h4,6-7H,3,5H2,1-2H3,(H,19,20). The highest BCUT2D eigenvalue weighted by atomic mass is 16.4. The third-order valence-electron chi connectivity index (χ3n) is 2.93. The fourth-order valence-electron chi connectivity index (χ4n) is 1.99. The van der Waals surface area contributed by atoms with Crippen LogP contribution in [0.4, 0.5) is 0 Å². The second-order valence-corrected chi connectivity index (χ2v) is 4.40. The topological polar surface area (TPSA) is 91.8 Å². The van der Waals surface area contributed by atoms with Crippen LogP contribution in [0.25, 0.3) is 5.69 Å². The Labute approximate surface area is 116 Å². The Morgan fingerprint density at radius 2 is 2.25 bits per heavy atom. The number of carboxylic acids is 1. The van der Waals surface area contributed by atoms with Gasteiger partial charge in [0, 0.05) is 6.42 Å². The number of hydrogen-bond acceptors (Lipinski definition) is 4. The predicted octanol–water partition coefficient (Wildman–Crippen LogP) is 2.10. The maximum absolute atomic E-state index is 11.0. The SMILES string of the molecule is CCCc1nc(C(=O)O)nn1-c1cccc(C)c1C#N. The molecule has 1 aromatic heterocycles. The minimum atomic E-state index is -1.17. The summed E-state index contributed by atoms with van der Waals surface area (Å²) in [7, 11) is 0. The molecule has 1 aromatic carbocycles. The van der Waals surface area contributed by atoms with Gasteiger partial charge in [0.05, 0.1) is 11.3 Å². The molecule has 0 spiro atoms. The normalized spacial score (nSPS) is 10.2. The summed E-state index contributed by atoms with van der Waals surface area (Å²) >= 11 is 0. The minimum Gasteiger partial charge on any atom is -0.475 e. The van der Waals surface area contributed by atoms with Gasteiger partial charge in [0.1, 0.15) is 11.9 Å². The van der Waals surface area contributed by atoms with Crippen molar-refractivity contribution in [2.24, 2.45) is 0 Å². The quantitative estimate of drug-likeness (QED) is 0.918. The first-order valence-electron chi connectivity index (χ1n) is 6.27. The van der Waals surface area contributed by atoms with E-state index in [-0.39, 0.29) is 5.82 Å². The Morgan fingerprint density at radius 1 is 1.50 bits per heavy atom. The number of carbonyl (C=O) groups is 1. The fourth-order valence-corrected chi connectivity index (χ4v) is 1.99. The van der Waals surface area contributed by atoms with Crippen LogP contribution in [-0.2, 0) is 6.42 Å². The number of nitrogens with zero attached hydrogens (tertiary/aromatic N) is 4. The summed E-state index contributed by atoms with van der Waals surface area (Å²) in [5, 5.41) is 22.3.